The second kappa shape index (κ2) is 10.2. The van der Waals surface area contributed by atoms with Gasteiger partial charge in [0.05, 0.1) is 23.4 Å². The largest absolute Gasteiger partial charge is 1.00 e. The van der Waals surface area contributed by atoms with Crippen molar-refractivity contribution in [1.82, 2.24) is 0 Å². The third kappa shape index (κ3) is 6.88. The van der Waals surface area contributed by atoms with Crippen LogP contribution in [0.3, 0.4) is 0 Å². The zero-order valence-electron chi connectivity index (χ0n) is 15.7. The molecule has 0 unspecified atom stereocenters. The van der Waals surface area contributed by atoms with Crippen molar-refractivity contribution in [2.45, 2.75) is 11.8 Å². The van der Waals surface area contributed by atoms with Crippen LogP contribution in [-0.2, 0) is 19.6 Å². The first-order valence-electron chi connectivity index (χ1n) is 7.11. The molecular weight excluding hydrogens is 403 g/mol. The Bertz CT molecular complexity index is 979. The van der Waals surface area contributed by atoms with E-state index in [1.165, 1.54) is 56.5 Å². The Kier molecular flexibility index (Phi) is 8.88. The van der Waals surface area contributed by atoms with E-state index in [-0.39, 0.29) is 74.7 Å². The third-order valence-electron chi connectivity index (χ3n) is 3.04. The fourth-order valence-corrected chi connectivity index (χ4v) is 2.37. The molecule has 0 saturated heterocycles. The zero-order chi connectivity index (χ0) is 19.3. The summed E-state index contributed by atoms with van der Waals surface area (Å²) in [5.74, 6) is -1.28. The molecule has 0 spiro atoms. The van der Waals surface area contributed by atoms with E-state index in [0.29, 0.717) is 5.69 Å². The summed E-state index contributed by atoms with van der Waals surface area (Å²) in [6.45, 7) is 1.20. The molecule has 0 saturated carbocycles. The molecule has 0 aliphatic rings. The summed E-state index contributed by atoms with van der Waals surface area (Å²) >= 11 is 0. The van der Waals surface area contributed by atoms with Gasteiger partial charge < -0.3 is 10.9 Å². The minimum Gasteiger partial charge on any atom is -1.00 e. The monoisotopic (exact) mass is 418 g/mol. The first-order valence-corrected chi connectivity index (χ1v) is 8.55. The van der Waals surface area contributed by atoms with Gasteiger partial charge in [0.25, 0.3) is 10.1 Å². The van der Waals surface area contributed by atoms with Gasteiger partial charge in [-0.1, -0.05) is 0 Å². The summed E-state index contributed by atoms with van der Waals surface area (Å²) in [6.07, 6.45) is 0. The molecule has 0 radical (unpaired) electrons. The van der Waals surface area contributed by atoms with Gasteiger partial charge in [-0.3, -0.25) is 9.35 Å². The van der Waals surface area contributed by atoms with E-state index in [2.05, 4.69) is 15.0 Å². The summed E-state index contributed by atoms with van der Waals surface area (Å²) in [7, 11) is -3.10. The van der Waals surface area contributed by atoms with Gasteiger partial charge in [0.2, 0.25) is 0 Å². The summed E-state index contributed by atoms with van der Waals surface area (Å²) in [5.41, 5.74) is 0.599. The predicted octanol–water partition coefficient (Wildman–Crippen LogP) is 0.177. The summed E-state index contributed by atoms with van der Waals surface area (Å²) in [6, 6.07) is 9.23. The fourth-order valence-electron chi connectivity index (χ4n) is 1.89. The number of esters is 2. The van der Waals surface area contributed by atoms with Crippen molar-refractivity contribution in [3.63, 3.8) is 0 Å². The van der Waals surface area contributed by atoms with Crippen molar-refractivity contribution in [3.8, 4) is 5.75 Å². The van der Waals surface area contributed by atoms with Crippen molar-refractivity contribution in [3.05, 3.63) is 48.0 Å². The number of hydrogen-bond donors (Lipinski definition) is 1. The van der Waals surface area contributed by atoms with Crippen LogP contribution in [0.5, 0.6) is 5.75 Å². The molecule has 9 nitrogen and oxygen atoms in total. The Morgan fingerprint density at radius 1 is 1.04 bits per heavy atom. The Morgan fingerprint density at radius 3 is 2.11 bits per heavy atom. The zero-order valence-corrected chi connectivity index (χ0v) is 18.7. The van der Waals surface area contributed by atoms with Gasteiger partial charge in [-0.2, -0.15) is 18.6 Å². The molecule has 138 valence electrons. The molecule has 0 atom stereocenters. The van der Waals surface area contributed by atoms with Crippen LogP contribution in [0.25, 0.3) is 0 Å². The van der Waals surface area contributed by atoms with Gasteiger partial charge in [-0.15, -0.1) is 0 Å². The van der Waals surface area contributed by atoms with Gasteiger partial charge in [-0.25, -0.2) is 4.79 Å². The Balaban J connectivity index is 0.00000364. The number of benzene rings is 2. The third-order valence-corrected chi connectivity index (χ3v) is 3.91. The Labute approximate surface area is 199 Å². The standard InChI is InChI=1S/C16H14N2O7S.K.H/c1-10(19)25-15-8-5-12(9-14(15)16(20)24-2)18-17-11-3-6-13(7-4-11)26(21,22)23;;/h3-9H,1-2H3,(H,21,22,23);;/q;+1;-1. The second-order valence-corrected chi connectivity index (χ2v) is 6.36. The number of nitrogens with zero attached hydrogens (tertiary/aromatic N) is 2. The van der Waals surface area contributed by atoms with E-state index in [1.54, 1.807) is 0 Å². The van der Waals surface area contributed by atoms with Gasteiger partial charge >= 0.3 is 63.3 Å². The number of methoxy groups -OCH3 is 1. The van der Waals surface area contributed by atoms with Crippen LogP contribution in [0.15, 0.2) is 57.6 Å². The molecule has 0 heterocycles. The Hall–Kier alpha value is -1.47. The van der Waals surface area contributed by atoms with Crippen LogP contribution < -0.4 is 56.1 Å². The molecule has 27 heavy (non-hydrogen) atoms. The average molecular weight is 418 g/mol. The van der Waals surface area contributed by atoms with Gasteiger partial charge in [0, 0.05) is 6.92 Å². The van der Waals surface area contributed by atoms with Crippen molar-refractivity contribution in [1.29, 1.82) is 0 Å². The fraction of sp³-hybridized carbons (Fsp3) is 0.125. The van der Waals surface area contributed by atoms with E-state index in [4.69, 9.17) is 9.29 Å². The molecule has 0 aliphatic carbocycles. The minimum absolute atomic E-state index is 0. The topological polar surface area (TPSA) is 132 Å². The van der Waals surface area contributed by atoms with E-state index >= 15 is 0 Å². The van der Waals surface area contributed by atoms with Crippen LogP contribution >= 0.6 is 0 Å². The van der Waals surface area contributed by atoms with E-state index in [9.17, 15) is 18.0 Å². The molecular formula is C16H15KN2O7S. The molecule has 0 fully saturated rings. The Morgan fingerprint density at radius 2 is 1.59 bits per heavy atom. The van der Waals surface area contributed by atoms with E-state index in [1.807, 2.05) is 0 Å². The quantitative estimate of drug-likeness (QED) is 0.241. The summed E-state index contributed by atoms with van der Waals surface area (Å²) in [4.78, 5) is 22.6. The molecule has 0 aliphatic heterocycles. The maximum atomic E-state index is 11.8. The first kappa shape index (κ1) is 23.6. The van der Waals surface area contributed by atoms with E-state index < -0.39 is 22.1 Å². The van der Waals surface area contributed by atoms with Gasteiger partial charge in [0.1, 0.15) is 11.3 Å². The number of ether oxygens (including phenoxy) is 2. The van der Waals surface area contributed by atoms with Crippen LogP contribution in [0.4, 0.5) is 11.4 Å². The smallest absolute Gasteiger partial charge is 1.00 e. The predicted molar refractivity (Wildman–Crippen MR) is 90.6 cm³/mol. The molecule has 11 heteroatoms. The molecule has 1 N–H and O–H groups in total. The summed E-state index contributed by atoms with van der Waals surface area (Å²) < 4.78 is 40.5. The van der Waals surface area contributed by atoms with Crippen LogP contribution in [0.2, 0.25) is 0 Å². The van der Waals surface area contributed by atoms with Crippen LogP contribution in [-0.4, -0.2) is 32.0 Å². The van der Waals surface area contributed by atoms with E-state index in [0.717, 1.165) is 0 Å². The molecule has 2 aromatic rings. The van der Waals surface area contributed by atoms with Crippen molar-refractivity contribution >= 4 is 33.4 Å². The van der Waals surface area contributed by atoms with Crippen LogP contribution in [0.1, 0.15) is 18.7 Å². The summed E-state index contributed by atoms with van der Waals surface area (Å²) in [5, 5.41) is 7.84. The second-order valence-electron chi connectivity index (χ2n) is 4.93. The number of azo groups is 1. The first-order chi connectivity index (χ1) is 12.2. The van der Waals surface area contributed by atoms with Gasteiger partial charge in [0.15, 0.2) is 0 Å². The SMILES string of the molecule is COC(=O)c1cc(N=Nc2ccc(S(=O)(=O)O)cc2)ccc1OC(C)=O.[H-].[K+]. The number of hydrogen-bond acceptors (Lipinski definition) is 8. The number of carbonyl (C=O) groups is 2. The molecule has 2 rings (SSSR count). The normalized spacial score (nSPS) is 10.9. The van der Waals surface area contributed by atoms with Crippen molar-refractivity contribution in [2.24, 2.45) is 10.2 Å². The maximum absolute atomic E-state index is 11.8. The maximum Gasteiger partial charge on any atom is 1.00 e. The van der Waals surface area contributed by atoms with Crippen molar-refractivity contribution in [2.75, 3.05) is 7.11 Å². The molecule has 0 amide bonds. The molecule has 0 aromatic heterocycles. The van der Waals surface area contributed by atoms with Crippen molar-refractivity contribution < 1.29 is 84.8 Å². The average Bonchev–Trinajstić information content (AvgIpc) is 2.59. The molecule has 0 bridgehead atoms. The number of rotatable bonds is 5. The van der Waals surface area contributed by atoms with Gasteiger partial charge in [-0.05, 0) is 42.5 Å². The van der Waals surface area contributed by atoms with Crippen LogP contribution in [0, 0.1) is 0 Å². The number of carbonyl (C=O) groups excluding carboxylic acids is 2. The molecule has 2 aromatic carbocycles. The minimum atomic E-state index is -4.28.